The number of nitro benzene ring substituents is 1. The van der Waals surface area contributed by atoms with Gasteiger partial charge >= 0.3 is 11.9 Å². The number of aliphatic carboxylic acids is 2. The van der Waals surface area contributed by atoms with Gasteiger partial charge in [-0.3, -0.25) is 19.7 Å². The zero-order valence-electron chi connectivity index (χ0n) is 32.0. The number of carbonyl (C=O) groups is 2. The lowest BCUT2D eigenvalue weighted by molar-refractivity contribution is -0.383. The van der Waals surface area contributed by atoms with Gasteiger partial charge in [-0.2, -0.15) is 0 Å². The minimum Gasteiger partial charge on any atom is -0.480 e. The number of rotatable bonds is 10. The van der Waals surface area contributed by atoms with Gasteiger partial charge in [-0.1, -0.05) is 12.1 Å². The van der Waals surface area contributed by atoms with E-state index in [-0.39, 0.29) is 12.1 Å². The number of nitro groups is 1. The summed E-state index contributed by atoms with van der Waals surface area (Å²) < 4.78 is 6.17. The number of hydrogen-bond donors (Lipinski definition) is 4. The SMILES string of the molecule is CSc1cc([N+](=O)[O-])c2c(CC(N)C(=O)O)c(C)n(C)c2c1.CSc1ccc2c(CC(N)C(=O)O)c(C)n(C)c2c1.CSc1ccc2cc(C)n(C)c2c1. The third-order valence-corrected chi connectivity index (χ3v) is 12.1. The molecular formula is C39H48N6O6S3. The van der Waals surface area contributed by atoms with Gasteiger partial charge in [0.05, 0.1) is 15.8 Å². The van der Waals surface area contributed by atoms with Gasteiger partial charge in [0.25, 0.3) is 5.69 Å². The molecule has 0 aliphatic heterocycles. The molecule has 54 heavy (non-hydrogen) atoms. The maximum absolute atomic E-state index is 11.4. The van der Waals surface area contributed by atoms with E-state index in [1.165, 1.54) is 44.2 Å². The number of non-ortho nitro benzene ring substituents is 1. The minimum absolute atomic E-state index is 0.0156. The van der Waals surface area contributed by atoms with Crippen LogP contribution in [0.5, 0.6) is 0 Å². The third kappa shape index (κ3) is 8.92. The molecular weight excluding hydrogens is 745 g/mol. The van der Waals surface area contributed by atoms with Crippen molar-refractivity contribution in [2.75, 3.05) is 18.8 Å². The smallest absolute Gasteiger partial charge is 0.320 e. The molecule has 0 saturated heterocycles. The largest absolute Gasteiger partial charge is 0.480 e. The Kier molecular flexibility index (Phi) is 14.0. The predicted octanol–water partition coefficient (Wildman–Crippen LogP) is 7.44. The molecule has 2 unspecified atom stereocenters. The highest BCUT2D eigenvalue weighted by molar-refractivity contribution is 7.99. The second-order valence-electron chi connectivity index (χ2n) is 13.0. The van der Waals surface area contributed by atoms with Crippen LogP contribution in [-0.4, -0.2) is 71.6 Å². The summed E-state index contributed by atoms with van der Waals surface area (Å²) >= 11 is 4.90. The molecule has 6 aromatic rings. The summed E-state index contributed by atoms with van der Waals surface area (Å²) in [5.41, 5.74) is 19.2. The van der Waals surface area contributed by atoms with E-state index >= 15 is 0 Å². The summed E-state index contributed by atoms with van der Waals surface area (Å²) in [6.45, 7) is 5.95. The molecule has 0 bridgehead atoms. The highest BCUT2D eigenvalue weighted by Gasteiger charge is 2.26. The second-order valence-corrected chi connectivity index (χ2v) is 15.6. The maximum atomic E-state index is 11.4. The highest BCUT2D eigenvalue weighted by Crippen LogP contribution is 2.37. The molecule has 12 nitrogen and oxygen atoms in total. The number of carboxylic acid groups (broad SMARTS) is 2. The number of nitrogens with zero attached hydrogens (tertiary/aromatic N) is 4. The summed E-state index contributed by atoms with van der Waals surface area (Å²) in [7, 11) is 5.92. The summed E-state index contributed by atoms with van der Waals surface area (Å²) in [6.07, 6.45) is 6.41. The Morgan fingerprint density at radius 1 is 0.704 bits per heavy atom. The van der Waals surface area contributed by atoms with Crippen LogP contribution >= 0.6 is 35.3 Å². The Morgan fingerprint density at radius 2 is 1.19 bits per heavy atom. The molecule has 0 spiro atoms. The fourth-order valence-electron chi connectivity index (χ4n) is 6.43. The molecule has 0 radical (unpaired) electrons. The second kappa shape index (κ2) is 17.8. The Bertz CT molecular complexity index is 2360. The van der Waals surface area contributed by atoms with Crippen LogP contribution in [0.15, 0.2) is 69.3 Å². The van der Waals surface area contributed by atoms with Crippen LogP contribution in [0.25, 0.3) is 32.7 Å². The standard InChI is InChI=1S/C14H17N3O4S.C14H18N2O2S.C11H13NS/c1-7-9(6-10(15)14(18)19)13-11(16(7)2)4-8(22-3)5-12(13)17(20)21;1-8-11(7-12(15)14(17)18)10-5-4-9(19-3)6-13(10)16(8)2;1-8-6-9-4-5-10(13-3)7-11(9)12(8)2/h4-5,10H,6,15H2,1-3H3,(H,18,19);4-6,12H,7,15H2,1-3H3,(H,17,18);4-7H,1-3H3. The molecule has 3 aromatic heterocycles. The Labute approximate surface area is 327 Å². The first-order valence-corrected chi connectivity index (χ1v) is 20.6. The predicted molar refractivity (Wildman–Crippen MR) is 224 cm³/mol. The van der Waals surface area contributed by atoms with Crippen LogP contribution in [0, 0.1) is 30.9 Å². The number of thioether (sulfide) groups is 3. The molecule has 0 aliphatic rings. The minimum atomic E-state index is -1.13. The number of hydrogen-bond acceptors (Lipinski definition) is 9. The van der Waals surface area contributed by atoms with Crippen LogP contribution < -0.4 is 11.5 Å². The lowest BCUT2D eigenvalue weighted by atomic mass is 10.0. The summed E-state index contributed by atoms with van der Waals surface area (Å²) in [4.78, 5) is 36.2. The number of carboxylic acids is 2. The molecule has 6 rings (SSSR count). The van der Waals surface area contributed by atoms with Crippen molar-refractivity contribution in [1.82, 2.24) is 13.7 Å². The van der Waals surface area contributed by atoms with Gasteiger partial charge in [0.1, 0.15) is 12.1 Å². The highest BCUT2D eigenvalue weighted by atomic mass is 32.2. The van der Waals surface area contributed by atoms with E-state index in [2.05, 4.69) is 71.8 Å². The molecule has 15 heteroatoms. The van der Waals surface area contributed by atoms with Crippen LogP contribution in [0.2, 0.25) is 0 Å². The van der Waals surface area contributed by atoms with Crippen LogP contribution in [-0.2, 0) is 43.6 Å². The molecule has 0 saturated carbocycles. The molecule has 2 atom stereocenters. The number of aromatic nitrogens is 3. The van der Waals surface area contributed by atoms with Crippen molar-refractivity contribution in [1.29, 1.82) is 0 Å². The van der Waals surface area contributed by atoms with E-state index in [4.69, 9.17) is 21.7 Å². The third-order valence-electron chi connectivity index (χ3n) is 9.91. The molecule has 288 valence electrons. The van der Waals surface area contributed by atoms with Crippen molar-refractivity contribution >= 4 is 85.6 Å². The van der Waals surface area contributed by atoms with E-state index in [0.29, 0.717) is 22.9 Å². The first-order chi connectivity index (χ1) is 25.4. The van der Waals surface area contributed by atoms with Gasteiger partial charge in [-0.05, 0) is 92.4 Å². The maximum Gasteiger partial charge on any atom is 0.320 e. The van der Waals surface area contributed by atoms with Crippen molar-refractivity contribution in [2.24, 2.45) is 32.6 Å². The Hall–Kier alpha value is -4.41. The number of fused-ring (bicyclic) bond motifs is 3. The molecule has 0 fully saturated rings. The van der Waals surface area contributed by atoms with Gasteiger partial charge in [0.15, 0.2) is 0 Å². The first-order valence-electron chi connectivity index (χ1n) is 16.9. The van der Waals surface area contributed by atoms with Crippen molar-refractivity contribution in [3.8, 4) is 0 Å². The van der Waals surface area contributed by atoms with E-state index < -0.39 is 28.9 Å². The van der Waals surface area contributed by atoms with E-state index in [9.17, 15) is 19.7 Å². The number of benzene rings is 3. The van der Waals surface area contributed by atoms with E-state index in [1.54, 1.807) is 30.6 Å². The summed E-state index contributed by atoms with van der Waals surface area (Å²) in [6, 6.07) is 16.5. The summed E-state index contributed by atoms with van der Waals surface area (Å²) in [5.74, 6) is -2.09. The van der Waals surface area contributed by atoms with Crippen molar-refractivity contribution in [3.05, 3.63) is 92.9 Å². The quantitative estimate of drug-likeness (QED) is 0.0614. The van der Waals surface area contributed by atoms with Gasteiger partial charge in [0.2, 0.25) is 0 Å². The lowest BCUT2D eigenvalue weighted by Crippen LogP contribution is -2.32. The topological polar surface area (TPSA) is 185 Å². The summed E-state index contributed by atoms with van der Waals surface area (Å²) in [5, 5.41) is 32.3. The van der Waals surface area contributed by atoms with Gasteiger partial charge in [0, 0.05) is 88.2 Å². The molecule has 0 aliphatic carbocycles. The first kappa shape index (κ1) is 42.3. The normalized spacial score (nSPS) is 12.3. The number of aryl methyl sites for hydroxylation is 4. The van der Waals surface area contributed by atoms with Crippen molar-refractivity contribution in [3.63, 3.8) is 0 Å². The zero-order chi connectivity index (χ0) is 40.2. The van der Waals surface area contributed by atoms with Crippen molar-refractivity contribution in [2.45, 2.75) is 60.4 Å². The molecule has 0 amide bonds. The van der Waals surface area contributed by atoms with Crippen molar-refractivity contribution < 1.29 is 24.7 Å². The van der Waals surface area contributed by atoms with Crippen LogP contribution in [0.3, 0.4) is 0 Å². The number of nitrogens with two attached hydrogens (primary N) is 2. The fourth-order valence-corrected chi connectivity index (χ4v) is 7.76. The van der Waals surface area contributed by atoms with Gasteiger partial charge < -0.3 is 35.4 Å². The van der Waals surface area contributed by atoms with Crippen LogP contribution in [0.1, 0.15) is 28.2 Å². The lowest BCUT2D eigenvalue weighted by Gasteiger charge is -2.07. The Morgan fingerprint density at radius 3 is 1.72 bits per heavy atom. The van der Waals surface area contributed by atoms with E-state index in [0.717, 1.165) is 32.7 Å². The average Bonchev–Trinajstić information content (AvgIpc) is 3.67. The Balaban J connectivity index is 0.000000186. The van der Waals surface area contributed by atoms with Gasteiger partial charge in [-0.25, -0.2) is 0 Å². The van der Waals surface area contributed by atoms with Crippen LogP contribution in [0.4, 0.5) is 5.69 Å². The average molecular weight is 793 g/mol. The van der Waals surface area contributed by atoms with Gasteiger partial charge in [-0.15, -0.1) is 35.3 Å². The molecule has 3 heterocycles. The van der Waals surface area contributed by atoms with E-state index in [1.807, 2.05) is 44.0 Å². The fraction of sp³-hybridized carbons (Fsp3) is 0.333. The zero-order valence-corrected chi connectivity index (χ0v) is 34.4. The molecule has 3 aromatic carbocycles. The molecule has 6 N–H and O–H groups in total. The monoisotopic (exact) mass is 792 g/mol.